The van der Waals surface area contributed by atoms with Gasteiger partial charge in [-0.15, -0.1) is 0 Å². The molecule has 0 aliphatic heterocycles. The molecular formula is C17H20F3N3O2. The van der Waals surface area contributed by atoms with Crippen molar-refractivity contribution in [3.05, 3.63) is 42.4 Å². The maximum absolute atomic E-state index is 12.9. The van der Waals surface area contributed by atoms with Crippen molar-refractivity contribution in [3.63, 3.8) is 0 Å². The highest BCUT2D eigenvalue weighted by Gasteiger charge is 2.33. The van der Waals surface area contributed by atoms with Gasteiger partial charge in [0.15, 0.2) is 11.6 Å². The summed E-state index contributed by atoms with van der Waals surface area (Å²) in [5.41, 5.74) is -0.806. The van der Waals surface area contributed by atoms with E-state index in [0.717, 1.165) is 25.5 Å². The average Bonchev–Trinajstić information content (AvgIpc) is 2.59. The highest BCUT2D eigenvalue weighted by Crippen LogP contribution is 2.35. The van der Waals surface area contributed by atoms with E-state index in [9.17, 15) is 13.2 Å². The molecule has 2 rings (SSSR count). The molecule has 1 aromatic heterocycles. The normalized spacial score (nSPS) is 11.2. The van der Waals surface area contributed by atoms with Gasteiger partial charge in [0.2, 0.25) is 0 Å². The summed E-state index contributed by atoms with van der Waals surface area (Å²) in [6.07, 6.45) is 0.477. The van der Waals surface area contributed by atoms with Crippen molar-refractivity contribution < 1.29 is 22.6 Å². The van der Waals surface area contributed by atoms with E-state index in [0.29, 0.717) is 11.6 Å². The third-order valence-corrected chi connectivity index (χ3v) is 3.29. The van der Waals surface area contributed by atoms with Crippen molar-refractivity contribution >= 4 is 5.82 Å². The summed E-state index contributed by atoms with van der Waals surface area (Å²) in [6, 6.07) is 5.08. The number of ether oxygens (including phenoxy) is 2. The molecule has 0 aliphatic carbocycles. The van der Waals surface area contributed by atoms with Crippen LogP contribution in [0, 0.1) is 0 Å². The molecule has 0 bridgehead atoms. The number of nitrogens with zero attached hydrogens (tertiary/aromatic N) is 2. The van der Waals surface area contributed by atoms with E-state index in [1.807, 2.05) is 0 Å². The lowest BCUT2D eigenvalue weighted by molar-refractivity contribution is -0.139. The van der Waals surface area contributed by atoms with Gasteiger partial charge >= 0.3 is 6.18 Å². The van der Waals surface area contributed by atoms with Crippen LogP contribution in [0.5, 0.6) is 11.5 Å². The van der Waals surface area contributed by atoms with Gasteiger partial charge in [-0.25, -0.2) is 9.97 Å². The summed E-state index contributed by atoms with van der Waals surface area (Å²) >= 11 is 0. The highest BCUT2D eigenvalue weighted by atomic mass is 19.4. The first-order chi connectivity index (χ1) is 12.0. The first kappa shape index (κ1) is 18.8. The van der Waals surface area contributed by atoms with Crippen LogP contribution in [0.1, 0.15) is 25.3 Å². The molecule has 0 radical (unpaired) electrons. The molecule has 8 heteroatoms. The molecule has 0 aliphatic rings. The van der Waals surface area contributed by atoms with Gasteiger partial charge in [0.1, 0.15) is 25.3 Å². The Balaban J connectivity index is 1.88. The Morgan fingerprint density at radius 2 is 1.80 bits per heavy atom. The number of anilines is 1. The third-order valence-electron chi connectivity index (χ3n) is 3.29. The first-order valence-electron chi connectivity index (χ1n) is 7.98. The lowest BCUT2D eigenvalue weighted by Crippen LogP contribution is -2.14. The van der Waals surface area contributed by atoms with Gasteiger partial charge in [-0.2, -0.15) is 13.2 Å². The monoisotopic (exact) mass is 355 g/mol. The molecule has 0 saturated carbocycles. The predicted octanol–water partition coefficient (Wildman–Crippen LogP) is 4.17. The molecule has 1 heterocycles. The summed E-state index contributed by atoms with van der Waals surface area (Å²) < 4.78 is 49.4. The second-order valence-corrected chi connectivity index (χ2v) is 5.21. The molecule has 0 unspecified atom stereocenters. The molecule has 0 saturated heterocycles. The van der Waals surface area contributed by atoms with Crippen molar-refractivity contribution in [1.29, 1.82) is 0 Å². The number of nitrogens with one attached hydrogen (secondary N) is 1. The minimum atomic E-state index is -4.46. The maximum Gasteiger partial charge on any atom is 0.419 e. The van der Waals surface area contributed by atoms with Gasteiger partial charge < -0.3 is 14.8 Å². The minimum Gasteiger partial charge on any atom is -0.489 e. The minimum absolute atomic E-state index is 0.0314. The van der Waals surface area contributed by atoms with E-state index in [-0.39, 0.29) is 19.0 Å². The second kappa shape index (κ2) is 9.10. The van der Waals surface area contributed by atoms with E-state index in [1.54, 1.807) is 0 Å². The van der Waals surface area contributed by atoms with E-state index in [4.69, 9.17) is 9.47 Å². The maximum atomic E-state index is 12.9. The predicted molar refractivity (Wildman–Crippen MR) is 87.9 cm³/mol. The van der Waals surface area contributed by atoms with E-state index in [2.05, 4.69) is 22.2 Å². The van der Waals surface area contributed by atoms with Crippen LogP contribution in [0.25, 0.3) is 0 Å². The van der Waals surface area contributed by atoms with Crippen molar-refractivity contribution in [1.82, 2.24) is 9.97 Å². The molecule has 0 atom stereocenters. The fraction of sp³-hybridized carbons (Fsp3) is 0.412. The Morgan fingerprint density at radius 3 is 2.52 bits per heavy atom. The number of hydrogen-bond acceptors (Lipinski definition) is 5. The number of unbranched alkanes of at least 4 members (excludes halogenated alkanes) is 1. The largest absolute Gasteiger partial charge is 0.489 e. The molecule has 0 amide bonds. The highest BCUT2D eigenvalue weighted by molar-refractivity contribution is 5.47. The van der Waals surface area contributed by atoms with Crippen molar-refractivity contribution in [3.8, 4) is 11.5 Å². The zero-order valence-corrected chi connectivity index (χ0v) is 13.8. The standard InChI is InChI=1S/C17H20F3N3O2/c1-2-3-8-22-16-15(11-21-12-23-16)25-10-9-24-14-7-5-4-6-13(14)17(18,19)20/h4-7,11-12H,2-3,8-10H2,1H3,(H,21,22,23). The summed E-state index contributed by atoms with van der Waals surface area (Å²) in [5, 5.41) is 3.14. The SMILES string of the molecule is CCCCNc1ncncc1OCCOc1ccccc1C(F)(F)F. The number of aromatic nitrogens is 2. The topological polar surface area (TPSA) is 56.3 Å². The Labute approximate surface area is 144 Å². The van der Waals surface area contributed by atoms with Gasteiger partial charge in [0, 0.05) is 6.54 Å². The quantitative estimate of drug-likeness (QED) is 0.685. The number of halogens is 3. The third kappa shape index (κ3) is 5.81. The molecule has 2 aromatic rings. The van der Waals surface area contributed by atoms with Gasteiger partial charge in [-0.05, 0) is 18.6 Å². The van der Waals surface area contributed by atoms with Crippen LogP contribution in [-0.2, 0) is 6.18 Å². The molecule has 1 aromatic carbocycles. The molecule has 0 spiro atoms. The van der Waals surface area contributed by atoms with Crippen LogP contribution in [0.3, 0.4) is 0 Å². The van der Waals surface area contributed by atoms with E-state index in [1.165, 1.54) is 30.7 Å². The van der Waals surface area contributed by atoms with Crippen LogP contribution in [0.15, 0.2) is 36.8 Å². The van der Waals surface area contributed by atoms with Crippen molar-refractivity contribution in [2.75, 3.05) is 25.1 Å². The summed E-state index contributed by atoms with van der Waals surface area (Å²) in [5.74, 6) is 0.773. The van der Waals surface area contributed by atoms with Crippen LogP contribution >= 0.6 is 0 Å². The lowest BCUT2D eigenvalue weighted by Gasteiger charge is -2.14. The number of para-hydroxylation sites is 1. The van der Waals surface area contributed by atoms with Gasteiger partial charge in [0.05, 0.1) is 11.8 Å². The summed E-state index contributed by atoms with van der Waals surface area (Å²) in [4.78, 5) is 7.99. The number of rotatable bonds is 9. The summed E-state index contributed by atoms with van der Waals surface area (Å²) in [7, 11) is 0. The first-order valence-corrected chi connectivity index (χ1v) is 7.98. The molecule has 136 valence electrons. The van der Waals surface area contributed by atoms with Gasteiger partial charge in [-0.3, -0.25) is 0 Å². The van der Waals surface area contributed by atoms with E-state index >= 15 is 0 Å². The molecule has 1 N–H and O–H groups in total. The Kier molecular flexibility index (Phi) is 6.85. The molecule has 0 fully saturated rings. The second-order valence-electron chi connectivity index (χ2n) is 5.21. The fourth-order valence-electron chi connectivity index (χ4n) is 2.07. The summed E-state index contributed by atoms with van der Waals surface area (Å²) in [6.45, 7) is 2.87. The number of hydrogen-bond donors (Lipinski definition) is 1. The fourth-order valence-corrected chi connectivity index (χ4v) is 2.07. The zero-order valence-electron chi connectivity index (χ0n) is 13.8. The van der Waals surface area contributed by atoms with Crippen molar-refractivity contribution in [2.24, 2.45) is 0 Å². The van der Waals surface area contributed by atoms with Crippen molar-refractivity contribution in [2.45, 2.75) is 25.9 Å². The number of benzene rings is 1. The molecule has 25 heavy (non-hydrogen) atoms. The number of alkyl halides is 3. The average molecular weight is 355 g/mol. The van der Waals surface area contributed by atoms with E-state index < -0.39 is 11.7 Å². The van der Waals surface area contributed by atoms with Gasteiger partial charge in [0.25, 0.3) is 0 Å². The molecular weight excluding hydrogens is 335 g/mol. The van der Waals surface area contributed by atoms with Crippen LogP contribution in [-0.4, -0.2) is 29.7 Å². The van der Waals surface area contributed by atoms with Crippen LogP contribution in [0.2, 0.25) is 0 Å². The smallest absolute Gasteiger partial charge is 0.419 e. The van der Waals surface area contributed by atoms with Crippen LogP contribution < -0.4 is 14.8 Å². The zero-order chi connectivity index (χ0) is 18.1. The Morgan fingerprint density at radius 1 is 1.08 bits per heavy atom. The molecule has 5 nitrogen and oxygen atoms in total. The lowest BCUT2D eigenvalue weighted by atomic mass is 10.2. The van der Waals surface area contributed by atoms with Gasteiger partial charge in [-0.1, -0.05) is 25.5 Å². The van der Waals surface area contributed by atoms with Crippen LogP contribution in [0.4, 0.5) is 19.0 Å². The Bertz CT molecular complexity index is 666. The Hall–Kier alpha value is -2.51.